The third-order valence-electron chi connectivity index (χ3n) is 7.76. The summed E-state index contributed by atoms with van der Waals surface area (Å²) < 4.78 is 12.9. The average molecular weight is 462 g/mol. The summed E-state index contributed by atoms with van der Waals surface area (Å²) in [7, 11) is 0. The molecule has 0 aliphatic carbocycles. The third-order valence-corrected chi connectivity index (χ3v) is 7.76. The minimum absolute atomic E-state index is 0.0786. The number of fused-ring (bicyclic) bond motifs is 2. The lowest BCUT2D eigenvalue weighted by molar-refractivity contribution is 0.0258. The van der Waals surface area contributed by atoms with Gasteiger partial charge in [-0.2, -0.15) is 0 Å². The molecule has 2 unspecified atom stereocenters. The van der Waals surface area contributed by atoms with Gasteiger partial charge >= 0.3 is 0 Å². The second-order valence-corrected chi connectivity index (χ2v) is 10.1. The first kappa shape index (κ1) is 23.4. The van der Waals surface area contributed by atoms with Crippen molar-refractivity contribution in [3.05, 3.63) is 41.5 Å². The van der Waals surface area contributed by atoms with Gasteiger partial charge in [0.2, 0.25) is 0 Å². The van der Waals surface area contributed by atoms with Gasteiger partial charge in [0, 0.05) is 48.1 Å². The van der Waals surface area contributed by atoms with Crippen LogP contribution in [0.1, 0.15) is 63.5 Å². The van der Waals surface area contributed by atoms with E-state index < -0.39 is 0 Å². The fourth-order valence-corrected chi connectivity index (χ4v) is 5.55. The van der Waals surface area contributed by atoms with Crippen LogP contribution in [0.3, 0.4) is 0 Å². The molecule has 5 rings (SSSR count). The maximum Gasteiger partial charge on any atom is 0.149 e. The van der Waals surface area contributed by atoms with Crippen LogP contribution < -0.4 is 9.47 Å². The van der Waals surface area contributed by atoms with E-state index in [9.17, 15) is 0 Å². The van der Waals surface area contributed by atoms with E-state index in [0.29, 0.717) is 0 Å². The molecule has 3 aromatic rings. The minimum Gasteiger partial charge on any atom is -0.475 e. The number of hydrogen-bond donors (Lipinski definition) is 0. The van der Waals surface area contributed by atoms with Gasteiger partial charge in [0.15, 0.2) is 0 Å². The van der Waals surface area contributed by atoms with Crippen LogP contribution in [0.4, 0.5) is 0 Å². The van der Waals surface area contributed by atoms with Gasteiger partial charge in [-0.3, -0.25) is 9.80 Å². The number of rotatable bonds is 6. The highest BCUT2D eigenvalue weighted by atomic mass is 16.5. The van der Waals surface area contributed by atoms with Gasteiger partial charge in [0.05, 0.1) is 11.0 Å². The molecule has 2 aliphatic heterocycles. The topological polar surface area (TPSA) is 37.8 Å². The Hall–Kier alpha value is -2.37. The van der Waals surface area contributed by atoms with Gasteiger partial charge in [-0.15, -0.1) is 0 Å². The van der Waals surface area contributed by atoms with Crippen LogP contribution in [-0.2, 0) is 0 Å². The summed E-state index contributed by atoms with van der Waals surface area (Å²) in [5, 5.41) is 2.30. The Bertz CT molecular complexity index is 1060. The van der Waals surface area contributed by atoms with Crippen molar-refractivity contribution in [3.8, 4) is 11.5 Å². The summed E-state index contributed by atoms with van der Waals surface area (Å²) in [6.45, 7) is 13.1. The SMILES string of the molecule is Cc1c(OC(C)N2CCCCC2)ccc2cc3ccc(OC(C)N4CCCCC4)c(C)c3nc12. The van der Waals surface area contributed by atoms with E-state index in [0.717, 1.165) is 70.6 Å². The monoisotopic (exact) mass is 461 g/mol. The first-order chi connectivity index (χ1) is 16.5. The molecule has 5 heteroatoms. The molecule has 0 radical (unpaired) electrons. The molecule has 2 aromatic carbocycles. The molecule has 0 spiro atoms. The van der Waals surface area contributed by atoms with Gasteiger partial charge in [0.1, 0.15) is 24.0 Å². The molecule has 2 atom stereocenters. The van der Waals surface area contributed by atoms with Crippen LogP contribution >= 0.6 is 0 Å². The lowest BCUT2D eigenvalue weighted by atomic mass is 10.0. The van der Waals surface area contributed by atoms with Crippen molar-refractivity contribution >= 4 is 21.8 Å². The normalized spacial score (nSPS) is 19.9. The second-order valence-electron chi connectivity index (χ2n) is 10.1. The number of aryl methyl sites for hydroxylation is 2. The van der Waals surface area contributed by atoms with Crippen molar-refractivity contribution < 1.29 is 9.47 Å². The molecule has 0 amide bonds. The predicted octanol–water partition coefficient (Wildman–Crippen LogP) is 6.43. The average Bonchev–Trinajstić information content (AvgIpc) is 2.88. The van der Waals surface area contributed by atoms with Crippen molar-refractivity contribution in [2.45, 2.75) is 78.7 Å². The number of ether oxygens (including phenoxy) is 2. The van der Waals surface area contributed by atoms with Gasteiger partial charge in [-0.25, -0.2) is 4.98 Å². The lowest BCUT2D eigenvalue weighted by Crippen LogP contribution is -2.40. The van der Waals surface area contributed by atoms with E-state index in [1.807, 2.05) is 0 Å². The number of hydrogen-bond acceptors (Lipinski definition) is 5. The van der Waals surface area contributed by atoms with E-state index in [4.69, 9.17) is 14.5 Å². The number of nitrogens with zero attached hydrogens (tertiary/aromatic N) is 3. The third kappa shape index (κ3) is 4.73. The van der Waals surface area contributed by atoms with Crippen molar-refractivity contribution in [1.29, 1.82) is 0 Å². The van der Waals surface area contributed by atoms with Crippen LogP contribution in [0.25, 0.3) is 21.8 Å². The summed E-state index contributed by atoms with van der Waals surface area (Å²) in [6.07, 6.45) is 7.87. The lowest BCUT2D eigenvalue weighted by Gasteiger charge is -2.32. The van der Waals surface area contributed by atoms with Crippen LogP contribution in [0.5, 0.6) is 11.5 Å². The van der Waals surface area contributed by atoms with E-state index >= 15 is 0 Å². The number of piperidine rings is 2. The fourth-order valence-electron chi connectivity index (χ4n) is 5.55. The molecule has 5 nitrogen and oxygen atoms in total. The smallest absolute Gasteiger partial charge is 0.149 e. The van der Waals surface area contributed by atoms with Crippen molar-refractivity contribution in [3.63, 3.8) is 0 Å². The van der Waals surface area contributed by atoms with Crippen molar-refractivity contribution in [2.24, 2.45) is 0 Å². The highest BCUT2D eigenvalue weighted by molar-refractivity contribution is 5.96. The standard InChI is InChI=1S/C29H39N3O2/c1-20-26(33-22(3)31-15-7-5-8-16-31)13-11-24-19-25-12-14-27(21(2)29(25)30-28(20)24)34-23(4)32-17-9-6-10-18-32/h11-14,19,22-23H,5-10,15-18H2,1-4H3. The predicted molar refractivity (Wildman–Crippen MR) is 140 cm³/mol. The zero-order valence-electron chi connectivity index (χ0n) is 21.3. The van der Waals surface area contributed by atoms with Gasteiger partial charge in [-0.1, -0.05) is 12.8 Å². The van der Waals surface area contributed by atoms with E-state index in [2.05, 4.69) is 67.8 Å². The number of likely N-dealkylation sites (tertiary alicyclic amines) is 2. The Morgan fingerprint density at radius 1 is 0.647 bits per heavy atom. The molecular weight excluding hydrogens is 422 g/mol. The molecule has 0 saturated carbocycles. The summed E-state index contributed by atoms with van der Waals surface area (Å²) in [6, 6.07) is 10.7. The molecule has 2 saturated heterocycles. The molecule has 34 heavy (non-hydrogen) atoms. The summed E-state index contributed by atoms with van der Waals surface area (Å²) in [5.74, 6) is 1.86. The van der Waals surface area contributed by atoms with Crippen LogP contribution in [0.15, 0.2) is 30.3 Å². The zero-order chi connectivity index (χ0) is 23.7. The maximum absolute atomic E-state index is 6.43. The summed E-state index contributed by atoms with van der Waals surface area (Å²) >= 11 is 0. The van der Waals surface area contributed by atoms with Crippen LogP contribution in [0, 0.1) is 13.8 Å². The highest BCUT2D eigenvalue weighted by Gasteiger charge is 2.21. The molecule has 1 aromatic heterocycles. The molecular formula is C29H39N3O2. The van der Waals surface area contributed by atoms with Gasteiger partial charge in [-0.05, 0) is 83.7 Å². The molecule has 2 aliphatic rings. The largest absolute Gasteiger partial charge is 0.475 e. The molecule has 182 valence electrons. The Kier molecular flexibility index (Phi) is 6.94. The van der Waals surface area contributed by atoms with E-state index in [-0.39, 0.29) is 12.5 Å². The van der Waals surface area contributed by atoms with Crippen molar-refractivity contribution in [1.82, 2.24) is 14.8 Å². The Morgan fingerprint density at radius 2 is 1.06 bits per heavy atom. The zero-order valence-corrected chi connectivity index (χ0v) is 21.3. The summed E-state index contributed by atoms with van der Waals surface area (Å²) in [4.78, 5) is 10.0. The van der Waals surface area contributed by atoms with Crippen LogP contribution in [-0.4, -0.2) is 53.4 Å². The minimum atomic E-state index is 0.0786. The Labute approximate surface area is 204 Å². The van der Waals surface area contributed by atoms with Crippen LogP contribution in [0.2, 0.25) is 0 Å². The Morgan fingerprint density at radius 3 is 1.47 bits per heavy atom. The highest BCUT2D eigenvalue weighted by Crippen LogP contribution is 2.33. The first-order valence-electron chi connectivity index (χ1n) is 13.2. The summed E-state index contributed by atoms with van der Waals surface area (Å²) in [5.41, 5.74) is 4.24. The molecule has 0 bridgehead atoms. The fraction of sp³-hybridized carbons (Fsp3) is 0.552. The first-order valence-corrected chi connectivity index (χ1v) is 13.2. The van der Waals surface area contributed by atoms with Gasteiger partial charge < -0.3 is 9.47 Å². The molecule has 3 heterocycles. The van der Waals surface area contributed by atoms with E-state index in [1.165, 1.54) is 38.5 Å². The second kappa shape index (κ2) is 10.1. The maximum atomic E-state index is 6.43. The molecule has 2 fully saturated rings. The van der Waals surface area contributed by atoms with Gasteiger partial charge in [0.25, 0.3) is 0 Å². The number of pyridine rings is 1. The quantitative estimate of drug-likeness (QED) is 0.396. The number of benzene rings is 2. The number of aromatic nitrogens is 1. The molecule has 0 N–H and O–H groups in total. The Balaban J connectivity index is 1.43. The van der Waals surface area contributed by atoms with Crippen molar-refractivity contribution in [2.75, 3.05) is 26.2 Å². The van der Waals surface area contributed by atoms with E-state index in [1.54, 1.807) is 0 Å².